The first-order valence-corrected chi connectivity index (χ1v) is 10.1. The second kappa shape index (κ2) is 8.05. The summed E-state index contributed by atoms with van der Waals surface area (Å²) in [7, 11) is 1.81. The quantitative estimate of drug-likeness (QED) is 0.838. The number of anilines is 2. The summed E-state index contributed by atoms with van der Waals surface area (Å²) in [4.78, 5) is 29.2. The standard InChI is InChI=1S/C23H27N3O2/c1-25(16-17-7-3-2-4-8-17)23(28)21-15-20(21)22(27)24-18-9-11-19(12-10-18)26-13-5-6-14-26/h2-4,7-12,20-21H,5-6,13-16H2,1H3,(H,24,27). The van der Waals surface area contributed by atoms with Crippen LogP contribution in [0.3, 0.4) is 0 Å². The molecule has 146 valence electrons. The summed E-state index contributed by atoms with van der Waals surface area (Å²) in [5.74, 6) is -0.421. The first-order valence-electron chi connectivity index (χ1n) is 10.1. The molecule has 4 rings (SSSR count). The lowest BCUT2D eigenvalue weighted by atomic mass is 10.2. The van der Waals surface area contributed by atoms with Crippen molar-refractivity contribution < 1.29 is 9.59 Å². The molecule has 1 saturated carbocycles. The van der Waals surface area contributed by atoms with E-state index in [9.17, 15) is 9.59 Å². The zero-order valence-corrected chi connectivity index (χ0v) is 16.3. The van der Waals surface area contributed by atoms with Gasteiger partial charge in [0.2, 0.25) is 11.8 Å². The van der Waals surface area contributed by atoms with Crippen molar-refractivity contribution in [1.29, 1.82) is 0 Å². The van der Waals surface area contributed by atoms with Crippen LogP contribution >= 0.6 is 0 Å². The van der Waals surface area contributed by atoms with Crippen LogP contribution in [0.1, 0.15) is 24.8 Å². The van der Waals surface area contributed by atoms with E-state index in [1.54, 1.807) is 11.9 Å². The van der Waals surface area contributed by atoms with Gasteiger partial charge in [-0.2, -0.15) is 0 Å². The van der Waals surface area contributed by atoms with Crippen molar-refractivity contribution in [3.8, 4) is 0 Å². The molecular weight excluding hydrogens is 350 g/mol. The third kappa shape index (κ3) is 4.19. The van der Waals surface area contributed by atoms with Gasteiger partial charge in [0.25, 0.3) is 0 Å². The highest BCUT2D eigenvalue weighted by Crippen LogP contribution is 2.41. The molecule has 2 unspecified atom stereocenters. The van der Waals surface area contributed by atoms with Crippen LogP contribution in [0, 0.1) is 11.8 Å². The lowest BCUT2D eigenvalue weighted by Gasteiger charge is -2.18. The summed E-state index contributed by atoms with van der Waals surface area (Å²) in [6, 6.07) is 17.9. The molecule has 0 radical (unpaired) electrons. The molecule has 1 aliphatic carbocycles. The molecule has 0 aromatic heterocycles. The number of hydrogen-bond donors (Lipinski definition) is 1. The van der Waals surface area contributed by atoms with Gasteiger partial charge in [-0.05, 0) is 49.1 Å². The number of hydrogen-bond acceptors (Lipinski definition) is 3. The van der Waals surface area contributed by atoms with E-state index in [2.05, 4.69) is 22.3 Å². The molecule has 1 heterocycles. The van der Waals surface area contributed by atoms with E-state index in [0.29, 0.717) is 13.0 Å². The molecular formula is C23H27N3O2. The van der Waals surface area contributed by atoms with E-state index < -0.39 is 0 Å². The van der Waals surface area contributed by atoms with Crippen molar-refractivity contribution in [3.63, 3.8) is 0 Å². The molecule has 2 fully saturated rings. The zero-order chi connectivity index (χ0) is 19.5. The van der Waals surface area contributed by atoms with Gasteiger partial charge < -0.3 is 15.1 Å². The van der Waals surface area contributed by atoms with Crippen LogP contribution < -0.4 is 10.2 Å². The van der Waals surface area contributed by atoms with Gasteiger partial charge in [0.15, 0.2) is 0 Å². The van der Waals surface area contributed by atoms with E-state index in [0.717, 1.165) is 24.3 Å². The highest BCUT2D eigenvalue weighted by atomic mass is 16.2. The van der Waals surface area contributed by atoms with Gasteiger partial charge in [-0.1, -0.05) is 30.3 Å². The lowest BCUT2D eigenvalue weighted by Crippen LogP contribution is -2.29. The Hall–Kier alpha value is -2.82. The fourth-order valence-electron chi connectivity index (χ4n) is 3.94. The molecule has 5 nitrogen and oxygen atoms in total. The Morgan fingerprint density at radius 2 is 1.68 bits per heavy atom. The van der Waals surface area contributed by atoms with E-state index in [4.69, 9.17) is 0 Å². The predicted octanol–water partition coefficient (Wildman–Crippen LogP) is 3.52. The van der Waals surface area contributed by atoms with Gasteiger partial charge in [0.1, 0.15) is 0 Å². The predicted molar refractivity (Wildman–Crippen MR) is 111 cm³/mol. The second-order valence-electron chi connectivity index (χ2n) is 7.86. The summed E-state index contributed by atoms with van der Waals surface area (Å²) in [5.41, 5.74) is 3.10. The summed E-state index contributed by atoms with van der Waals surface area (Å²) < 4.78 is 0. The number of nitrogens with one attached hydrogen (secondary N) is 1. The fourth-order valence-corrected chi connectivity index (χ4v) is 3.94. The summed E-state index contributed by atoms with van der Waals surface area (Å²) in [5, 5.41) is 2.97. The monoisotopic (exact) mass is 377 g/mol. The van der Waals surface area contributed by atoms with E-state index in [1.165, 1.54) is 18.5 Å². The normalized spacial score (nSPS) is 20.7. The van der Waals surface area contributed by atoms with E-state index >= 15 is 0 Å². The maximum Gasteiger partial charge on any atom is 0.228 e. The number of amides is 2. The molecule has 2 amide bonds. The van der Waals surface area contributed by atoms with Crippen LogP contribution in [-0.2, 0) is 16.1 Å². The SMILES string of the molecule is CN(Cc1ccccc1)C(=O)C1CC1C(=O)Nc1ccc(N2CCCC2)cc1. The Bertz CT molecular complexity index is 829. The number of carbonyl (C=O) groups excluding carboxylic acids is 2. The van der Waals surface area contributed by atoms with Crippen molar-refractivity contribution >= 4 is 23.2 Å². The Morgan fingerprint density at radius 1 is 1.00 bits per heavy atom. The highest BCUT2D eigenvalue weighted by Gasteiger charge is 2.49. The molecule has 2 atom stereocenters. The highest BCUT2D eigenvalue weighted by molar-refractivity contribution is 5.99. The van der Waals surface area contributed by atoms with Gasteiger partial charge in [0.05, 0.1) is 11.8 Å². The van der Waals surface area contributed by atoms with Crippen LogP contribution in [0.5, 0.6) is 0 Å². The minimum Gasteiger partial charge on any atom is -0.372 e. The van der Waals surface area contributed by atoms with Crippen molar-refractivity contribution in [3.05, 3.63) is 60.2 Å². The molecule has 1 N–H and O–H groups in total. The number of carbonyl (C=O) groups is 2. The smallest absolute Gasteiger partial charge is 0.228 e. The molecule has 0 bridgehead atoms. The largest absolute Gasteiger partial charge is 0.372 e. The first kappa shape index (κ1) is 18.5. The molecule has 5 heteroatoms. The van der Waals surface area contributed by atoms with Crippen molar-refractivity contribution in [2.45, 2.75) is 25.8 Å². The van der Waals surface area contributed by atoms with E-state index in [1.807, 2.05) is 42.5 Å². The minimum atomic E-state index is -0.219. The van der Waals surface area contributed by atoms with Crippen molar-refractivity contribution in [1.82, 2.24) is 4.90 Å². The van der Waals surface area contributed by atoms with Gasteiger partial charge in [0, 0.05) is 38.1 Å². The average molecular weight is 377 g/mol. The van der Waals surface area contributed by atoms with Crippen molar-refractivity contribution in [2.24, 2.45) is 11.8 Å². The van der Waals surface area contributed by atoms with Gasteiger partial charge in [-0.3, -0.25) is 9.59 Å². The van der Waals surface area contributed by atoms with Crippen LogP contribution in [0.2, 0.25) is 0 Å². The minimum absolute atomic E-state index is 0.0494. The first-order chi connectivity index (χ1) is 13.6. The van der Waals surface area contributed by atoms with Crippen LogP contribution in [0.4, 0.5) is 11.4 Å². The topological polar surface area (TPSA) is 52.7 Å². The van der Waals surface area contributed by atoms with E-state index in [-0.39, 0.29) is 23.7 Å². The Morgan fingerprint density at radius 3 is 2.36 bits per heavy atom. The molecule has 28 heavy (non-hydrogen) atoms. The Labute approximate surface area is 166 Å². The second-order valence-corrected chi connectivity index (χ2v) is 7.86. The number of rotatable bonds is 6. The maximum absolute atomic E-state index is 12.6. The zero-order valence-electron chi connectivity index (χ0n) is 16.3. The molecule has 1 saturated heterocycles. The van der Waals surface area contributed by atoms with Crippen molar-refractivity contribution in [2.75, 3.05) is 30.4 Å². The van der Waals surface area contributed by atoms with Crippen LogP contribution in [-0.4, -0.2) is 36.9 Å². The molecule has 2 aromatic rings. The molecule has 0 spiro atoms. The molecule has 2 aromatic carbocycles. The van der Waals surface area contributed by atoms with Gasteiger partial charge in [-0.15, -0.1) is 0 Å². The maximum atomic E-state index is 12.6. The van der Waals surface area contributed by atoms with Crippen LogP contribution in [0.25, 0.3) is 0 Å². The summed E-state index contributed by atoms with van der Waals surface area (Å²) >= 11 is 0. The Balaban J connectivity index is 1.28. The number of nitrogens with zero attached hydrogens (tertiary/aromatic N) is 2. The van der Waals surface area contributed by atoms with Gasteiger partial charge >= 0.3 is 0 Å². The Kier molecular flexibility index (Phi) is 5.33. The summed E-state index contributed by atoms with van der Waals surface area (Å²) in [6.07, 6.45) is 3.12. The lowest BCUT2D eigenvalue weighted by molar-refractivity contribution is -0.133. The fraction of sp³-hybridized carbons (Fsp3) is 0.391. The third-order valence-corrected chi connectivity index (χ3v) is 5.69. The molecule has 2 aliphatic rings. The van der Waals surface area contributed by atoms with Crippen LogP contribution in [0.15, 0.2) is 54.6 Å². The average Bonchev–Trinajstić information content (AvgIpc) is 3.33. The van der Waals surface area contributed by atoms with Gasteiger partial charge in [-0.25, -0.2) is 0 Å². The third-order valence-electron chi connectivity index (χ3n) is 5.69. The summed E-state index contributed by atoms with van der Waals surface area (Å²) in [6.45, 7) is 2.78. The molecule has 1 aliphatic heterocycles. The number of benzene rings is 2.